The number of pyridine rings is 1. The van der Waals surface area contributed by atoms with Crippen LogP contribution in [0.1, 0.15) is 18.5 Å². The van der Waals surface area contributed by atoms with Crippen LogP contribution in [-0.4, -0.2) is 9.97 Å². The minimum atomic E-state index is -0.00519. The van der Waals surface area contributed by atoms with Crippen molar-refractivity contribution in [1.82, 2.24) is 9.97 Å². The van der Waals surface area contributed by atoms with Gasteiger partial charge in [-0.3, -0.25) is 4.98 Å². The van der Waals surface area contributed by atoms with E-state index in [2.05, 4.69) is 21.4 Å². The zero-order valence-electron chi connectivity index (χ0n) is 10.8. The first-order chi connectivity index (χ1) is 9.65. The van der Waals surface area contributed by atoms with Crippen molar-refractivity contribution in [1.29, 1.82) is 0 Å². The molecular weight excluding hydrogens is 293 g/mol. The van der Waals surface area contributed by atoms with Crippen LogP contribution >= 0.6 is 23.2 Å². The first-order valence-corrected chi connectivity index (χ1v) is 7.03. The molecule has 1 atom stereocenters. The molecule has 0 aliphatic rings. The number of nitrogens with zero attached hydrogens (tertiary/aromatic N) is 1. The average Bonchev–Trinajstić information content (AvgIpc) is 2.85. The lowest BCUT2D eigenvalue weighted by atomic mass is 10.1. The van der Waals surface area contributed by atoms with Crippen molar-refractivity contribution in [2.24, 2.45) is 0 Å². The zero-order valence-corrected chi connectivity index (χ0v) is 12.3. The van der Waals surface area contributed by atoms with Crippen LogP contribution in [0.25, 0.3) is 10.9 Å². The van der Waals surface area contributed by atoms with Crippen LogP contribution in [0, 0.1) is 0 Å². The molecule has 0 saturated heterocycles. The summed E-state index contributed by atoms with van der Waals surface area (Å²) in [5.74, 6) is 0. The number of hydrogen-bond acceptors (Lipinski definition) is 2. The Labute approximate surface area is 126 Å². The Morgan fingerprint density at radius 1 is 1.15 bits per heavy atom. The Kier molecular flexibility index (Phi) is 3.55. The van der Waals surface area contributed by atoms with Crippen molar-refractivity contribution in [2.75, 3.05) is 5.32 Å². The lowest BCUT2D eigenvalue weighted by molar-refractivity contribution is 0.882. The lowest BCUT2D eigenvalue weighted by Crippen LogP contribution is -2.08. The largest absolute Gasteiger partial charge is 0.378 e. The third-order valence-corrected chi connectivity index (χ3v) is 3.86. The maximum absolute atomic E-state index is 6.18. The molecule has 3 aromatic rings. The van der Waals surface area contributed by atoms with Crippen molar-refractivity contribution < 1.29 is 0 Å². The Bertz CT molecular complexity index is 731. The molecule has 20 heavy (non-hydrogen) atoms. The van der Waals surface area contributed by atoms with Gasteiger partial charge in [0, 0.05) is 40.7 Å². The Morgan fingerprint density at radius 3 is 2.65 bits per heavy atom. The van der Waals surface area contributed by atoms with Crippen LogP contribution in [0.2, 0.25) is 10.0 Å². The van der Waals surface area contributed by atoms with Gasteiger partial charge in [0.05, 0.1) is 16.1 Å². The SMILES string of the molecule is CC(Nc1ccc2[nH]ccc2c1)c1c(Cl)cncc1Cl. The molecule has 2 N–H and O–H groups in total. The monoisotopic (exact) mass is 305 g/mol. The van der Waals surface area contributed by atoms with Crippen molar-refractivity contribution in [2.45, 2.75) is 13.0 Å². The van der Waals surface area contributed by atoms with Crippen LogP contribution in [0.4, 0.5) is 5.69 Å². The van der Waals surface area contributed by atoms with E-state index in [-0.39, 0.29) is 6.04 Å². The van der Waals surface area contributed by atoms with Gasteiger partial charge in [-0.25, -0.2) is 0 Å². The molecule has 1 aromatic carbocycles. The number of fused-ring (bicyclic) bond motifs is 1. The molecule has 0 fully saturated rings. The molecule has 2 aromatic heterocycles. The first-order valence-electron chi connectivity index (χ1n) is 6.28. The van der Waals surface area contributed by atoms with Gasteiger partial charge >= 0.3 is 0 Å². The fourth-order valence-corrected chi connectivity index (χ4v) is 2.99. The van der Waals surface area contributed by atoms with E-state index < -0.39 is 0 Å². The fourth-order valence-electron chi connectivity index (χ4n) is 2.30. The lowest BCUT2D eigenvalue weighted by Gasteiger charge is -2.18. The molecule has 102 valence electrons. The van der Waals surface area contributed by atoms with Gasteiger partial charge in [0.2, 0.25) is 0 Å². The summed E-state index contributed by atoms with van der Waals surface area (Å²) in [5.41, 5.74) is 2.99. The summed E-state index contributed by atoms with van der Waals surface area (Å²) in [5, 5.41) is 5.71. The number of H-pyrrole nitrogens is 1. The minimum absolute atomic E-state index is 0.00519. The molecule has 0 aliphatic carbocycles. The second kappa shape index (κ2) is 5.35. The van der Waals surface area contributed by atoms with E-state index in [9.17, 15) is 0 Å². The predicted octanol–water partition coefficient (Wildman–Crippen LogP) is 5.04. The molecule has 3 nitrogen and oxygen atoms in total. The molecule has 2 heterocycles. The third kappa shape index (κ3) is 2.47. The average molecular weight is 306 g/mol. The zero-order chi connectivity index (χ0) is 14.1. The Balaban J connectivity index is 1.90. The van der Waals surface area contributed by atoms with Crippen LogP contribution in [0.15, 0.2) is 42.9 Å². The standard InChI is InChI=1S/C15H13Cl2N3/c1-9(15-12(16)7-18-8-13(15)17)20-11-2-3-14-10(6-11)4-5-19-14/h2-9,19-20H,1H3. The highest BCUT2D eigenvalue weighted by Crippen LogP contribution is 2.31. The molecule has 0 aliphatic heterocycles. The second-order valence-corrected chi connectivity index (χ2v) is 5.48. The van der Waals surface area contributed by atoms with E-state index >= 15 is 0 Å². The number of aromatic nitrogens is 2. The number of aromatic amines is 1. The highest BCUT2D eigenvalue weighted by molar-refractivity contribution is 6.35. The number of anilines is 1. The Morgan fingerprint density at radius 2 is 1.90 bits per heavy atom. The van der Waals surface area contributed by atoms with Crippen LogP contribution in [0.3, 0.4) is 0 Å². The van der Waals surface area contributed by atoms with Gasteiger partial charge in [0.15, 0.2) is 0 Å². The maximum Gasteiger partial charge on any atom is 0.0656 e. The van der Waals surface area contributed by atoms with Gasteiger partial charge in [-0.1, -0.05) is 23.2 Å². The maximum atomic E-state index is 6.18. The van der Waals surface area contributed by atoms with Gasteiger partial charge in [-0.15, -0.1) is 0 Å². The molecular formula is C15H13Cl2N3. The molecule has 3 rings (SSSR count). The highest BCUT2D eigenvalue weighted by atomic mass is 35.5. The van der Waals surface area contributed by atoms with E-state index in [4.69, 9.17) is 23.2 Å². The fraction of sp³-hybridized carbons (Fsp3) is 0.133. The van der Waals surface area contributed by atoms with Gasteiger partial charge in [-0.2, -0.15) is 0 Å². The van der Waals surface area contributed by atoms with E-state index in [1.807, 2.05) is 31.3 Å². The molecule has 5 heteroatoms. The van der Waals surface area contributed by atoms with E-state index in [0.717, 1.165) is 22.2 Å². The highest BCUT2D eigenvalue weighted by Gasteiger charge is 2.14. The normalized spacial score (nSPS) is 12.6. The van der Waals surface area contributed by atoms with E-state index in [1.165, 1.54) is 0 Å². The summed E-state index contributed by atoms with van der Waals surface area (Å²) in [6, 6.07) is 8.19. The molecule has 0 radical (unpaired) electrons. The van der Waals surface area contributed by atoms with Crippen molar-refractivity contribution >= 4 is 39.8 Å². The first kappa shape index (κ1) is 13.3. The summed E-state index contributed by atoms with van der Waals surface area (Å²) in [7, 11) is 0. The minimum Gasteiger partial charge on any atom is -0.378 e. The topological polar surface area (TPSA) is 40.7 Å². The third-order valence-electron chi connectivity index (χ3n) is 3.26. The van der Waals surface area contributed by atoms with Crippen LogP contribution in [0.5, 0.6) is 0 Å². The molecule has 0 saturated carbocycles. The number of halogens is 2. The second-order valence-electron chi connectivity index (χ2n) is 4.66. The van der Waals surface area contributed by atoms with E-state index in [0.29, 0.717) is 10.0 Å². The summed E-state index contributed by atoms with van der Waals surface area (Å²) in [6.07, 6.45) is 5.14. The van der Waals surface area contributed by atoms with Crippen molar-refractivity contribution in [3.05, 3.63) is 58.5 Å². The number of rotatable bonds is 3. The summed E-state index contributed by atoms with van der Waals surface area (Å²) in [4.78, 5) is 7.14. The van der Waals surface area contributed by atoms with Crippen molar-refractivity contribution in [3.8, 4) is 0 Å². The number of benzene rings is 1. The summed E-state index contributed by atoms with van der Waals surface area (Å²) >= 11 is 12.4. The number of nitrogens with one attached hydrogen (secondary N) is 2. The number of hydrogen-bond donors (Lipinski definition) is 2. The molecule has 0 amide bonds. The van der Waals surface area contributed by atoms with Gasteiger partial charge in [0.1, 0.15) is 0 Å². The smallest absolute Gasteiger partial charge is 0.0656 e. The van der Waals surface area contributed by atoms with Gasteiger partial charge in [0.25, 0.3) is 0 Å². The van der Waals surface area contributed by atoms with Crippen molar-refractivity contribution in [3.63, 3.8) is 0 Å². The molecule has 0 spiro atoms. The van der Waals surface area contributed by atoms with Gasteiger partial charge < -0.3 is 10.3 Å². The van der Waals surface area contributed by atoms with E-state index in [1.54, 1.807) is 12.4 Å². The quantitative estimate of drug-likeness (QED) is 0.711. The molecule has 0 bridgehead atoms. The summed E-state index contributed by atoms with van der Waals surface area (Å²) in [6.45, 7) is 2.02. The predicted molar refractivity (Wildman–Crippen MR) is 84.6 cm³/mol. The van der Waals surface area contributed by atoms with Crippen LogP contribution < -0.4 is 5.32 Å². The Hall–Kier alpha value is -1.71. The van der Waals surface area contributed by atoms with Crippen LogP contribution in [-0.2, 0) is 0 Å². The van der Waals surface area contributed by atoms with Gasteiger partial charge in [-0.05, 0) is 31.2 Å². The summed E-state index contributed by atoms with van der Waals surface area (Å²) < 4.78 is 0. The molecule has 1 unspecified atom stereocenters.